The lowest BCUT2D eigenvalue weighted by Gasteiger charge is -2.34. The Labute approximate surface area is 172 Å². The Balaban J connectivity index is 2.42. The lowest BCUT2D eigenvalue weighted by atomic mass is 9.78. The molecule has 1 aliphatic carbocycles. The number of hydrogen-bond acceptors (Lipinski definition) is 5. The molecule has 0 radical (unpaired) electrons. The van der Waals surface area contributed by atoms with Gasteiger partial charge in [0.05, 0.1) is 28.4 Å². The molecule has 0 saturated carbocycles. The monoisotopic (exact) mass is 398 g/mol. The summed E-state index contributed by atoms with van der Waals surface area (Å²) in [5.41, 5.74) is 3.91. The van der Waals surface area contributed by atoms with Crippen LogP contribution in [0.1, 0.15) is 41.2 Å². The fourth-order valence-corrected chi connectivity index (χ4v) is 4.54. The molecule has 5 heteroatoms. The van der Waals surface area contributed by atoms with Crippen molar-refractivity contribution < 1.29 is 24.1 Å². The van der Waals surface area contributed by atoms with Crippen LogP contribution in [0, 0.1) is 6.92 Å². The first-order chi connectivity index (χ1) is 13.8. The summed E-state index contributed by atoms with van der Waals surface area (Å²) in [6.07, 6.45) is 1.76. The second-order valence-corrected chi connectivity index (χ2v) is 7.59. The molecule has 2 aromatic carbocycles. The number of benzene rings is 2. The summed E-state index contributed by atoms with van der Waals surface area (Å²) in [6, 6.07) is 5.77. The van der Waals surface area contributed by atoms with Crippen LogP contribution in [-0.2, 0) is 18.4 Å². The van der Waals surface area contributed by atoms with E-state index in [0.717, 1.165) is 39.1 Å². The van der Waals surface area contributed by atoms with Crippen molar-refractivity contribution in [2.75, 3.05) is 28.4 Å². The minimum absolute atomic E-state index is 0.366. The van der Waals surface area contributed by atoms with Gasteiger partial charge in [0.25, 0.3) is 0 Å². The molecule has 0 amide bonds. The van der Waals surface area contributed by atoms with E-state index in [1.807, 2.05) is 32.0 Å². The highest BCUT2D eigenvalue weighted by molar-refractivity contribution is 5.63. The van der Waals surface area contributed by atoms with E-state index in [2.05, 4.69) is 6.58 Å². The number of aryl methyl sites for hydroxylation is 1. The zero-order valence-electron chi connectivity index (χ0n) is 18.1. The second-order valence-electron chi connectivity index (χ2n) is 7.59. The van der Waals surface area contributed by atoms with E-state index in [-0.39, 0.29) is 0 Å². The molecule has 0 saturated heterocycles. The Morgan fingerprint density at radius 1 is 1.00 bits per heavy atom. The van der Waals surface area contributed by atoms with E-state index in [1.54, 1.807) is 28.4 Å². The molecule has 0 heterocycles. The van der Waals surface area contributed by atoms with Crippen molar-refractivity contribution in [1.29, 1.82) is 0 Å². The summed E-state index contributed by atoms with van der Waals surface area (Å²) in [4.78, 5) is 0. The normalized spacial score (nSPS) is 17.6. The number of hydrogen-bond donors (Lipinski definition) is 1. The Morgan fingerprint density at radius 3 is 2.21 bits per heavy atom. The molecule has 1 unspecified atom stereocenters. The highest BCUT2D eigenvalue weighted by atomic mass is 16.5. The molecule has 156 valence electrons. The predicted molar refractivity (Wildman–Crippen MR) is 114 cm³/mol. The van der Waals surface area contributed by atoms with Crippen LogP contribution in [0.25, 0.3) is 0 Å². The van der Waals surface area contributed by atoms with Crippen molar-refractivity contribution in [3.63, 3.8) is 0 Å². The summed E-state index contributed by atoms with van der Waals surface area (Å²) in [5, 5.41) is 12.2. The highest BCUT2D eigenvalue weighted by Crippen LogP contribution is 2.51. The van der Waals surface area contributed by atoms with Crippen molar-refractivity contribution in [2.45, 2.75) is 38.7 Å². The van der Waals surface area contributed by atoms with Crippen molar-refractivity contribution in [3.05, 3.63) is 58.2 Å². The first kappa shape index (κ1) is 21.1. The number of rotatable bonds is 6. The molecule has 0 fully saturated rings. The topological polar surface area (TPSA) is 57.2 Å². The van der Waals surface area contributed by atoms with Crippen LogP contribution in [0.15, 0.2) is 30.4 Å². The SMILES string of the molecule is C=C(C)CC1(O)c2ccc(OC)c(OC)c2CCc2cc(OC)c(C)c(OC)c21. The third-order valence-corrected chi connectivity index (χ3v) is 5.70. The predicted octanol–water partition coefficient (Wildman–Crippen LogP) is 4.33. The fourth-order valence-electron chi connectivity index (χ4n) is 4.54. The van der Waals surface area contributed by atoms with Gasteiger partial charge < -0.3 is 24.1 Å². The Morgan fingerprint density at radius 2 is 1.66 bits per heavy atom. The van der Waals surface area contributed by atoms with Gasteiger partial charge in [-0.1, -0.05) is 11.6 Å². The molecule has 2 aromatic rings. The van der Waals surface area contributed by atoms with Crippen LogP contribution < -0.4 is 18.9 Å². The molecule has 0 spiro atoms. The van der Waals surface area contributed by atoms with Gasteiger partial charge in [0.2, 0.25) is 0 Å². The zero-order valence-corrected chi connectivity index (χ0v) is 18.1. The zero-order chi connectivity index (χ0) is 21.3. The molecular formula is C24H30O5. The first-order valence-corrected chi connectivity index (χ1v) is 9.68. The highest BCUT2D eigenvalue weighted by Gasteiger charge is 2.42. The van der Waals surface area contributed by atoms with Gasteiger partial charge >= 0.3 is 0 Å². The lowest BCUT2D eigenvalue weighted by molar-refractivity contribution is 0.0771. The number of ether oxygens (including phenoxy) is 4. The van der Waals surface area contributed by atoms with Crippen LogP contribution in [-0.4, -0.2) is 33.5 Å². The molecule has 0 aromatic heterocycles. The third kappa shape index (κ3) is 3.33. The standard InChI is InChI=1S/C24H30O5/c1-14(2)13-24(25)18-10-11-19(26-4)23(29-7)17(18)9-8-16-12-20(27-5)15(3)22(28-6)21(16)24/h10-12,25H,1,8-9,13H2,2-7H3. The van der Waals surface area contributed by atoms with E-state index in [0.29, 0.717) is 36.5 Å². The third-order valence-electron chi connectivity index (χ3n) is 5.70. The summed E-state index contributed by atoms with van der Waals surface area (Å²) < 4.78 is 22.6. The van der Waals surface area contributed by atoms with Gasteiger partial charge in [-0.05, 0) is 49.9 Å². The van der Waals surface area contributed by atoms with Crippen LogP contribution in [0.4, 0.5) is 0 Å². The van der Waals surface area contributed by atoms with Crippen LogP contribution in [0.2, 0.25) is 0 Å². The van der Waals surface area contributed by atoms with Gasteiger partial charge in [-0.3, -0.25) is 0 Å². The van der Waals surface area contributed by atoms with Crippen molar-refractivity contribution in [3.8, 4) is 23.0 Å². The molecule has 1 atom stereocenters. The van der Waals surface area contributed by atoms with Gasteiger partial charge in [0.1, 0.15) is 17.1 Å². The van der Waals surface area contributed by atoms with Gasteiger partial charge in [-0.25, -0.2) is 0 Å². The van der Waals surface area contributed by atoms with Crippen LogP contribution in [0.5, 0.6) is 23.0 Å². The molecule has 0 bridgehead atoms. The quantitative estimate of drug-likeness (QED) is 0.734. The van der Waals surface area contributed by atoms with Crippen molar-refractivity contribution >= 4 is 0 Å². The maximum absolute atomic E-state index is 12.2. The maximum atomic E-state index is 12.2. The summed E-state index contributed by atoms with van der Waals surface area (Å²) >= 11 is 0. The maximum Gasteiger partial charge on any atom is 0.164 e. The smallest absolute Gasteiger partial charge is 0.164 e. The summed E-state index contributed by atoms with van der Waals surface area (Å²) in [6.45, 7) is 7.94. The van der Waals surface area contributed by atoms with E-state index in [4.69, 9.17) is 18.9 Å². The number of aliphatic hydroxyl groups is 1. The van der Waals surface area contributed by atoms with Crippen LogP contribution in [0.3, 0.4) is 0 Å². The van der Waals surface area contributed by atoms with E-state index in [9.17, 15) is 5.11 Å². The molecule has 3 rings (SSSR count). The first-order valence-electron chi connectivity index (χ1n) is 9.68. The molecule has 29 heavy (non-hydrogen) atoms. The minimum atomic E-state index is -1.31. The van der Waals surface area contributed by atoms with Gasteiger partial charge in [-0.2, -0.15) is 0 Å². The molecule has 5 nitrogen and oxygen atoms in total. The Kier molecular flexibility index (Phi) is 5.80. The van der Waals surface area contributed by atoms with E-state index in [1.165, 1.54) is 0 Å². The van der Waals surface area contributed by atoms with E-state index < -0.39 is 5.60 Å². The van der Waals surface area contributed by atoms with Gasteiger partial charge in [0, 0.05) is 23.1 Å². The van der Waals surface area contributed by atoms with Crippen LogP contribution >= 0.6 is 0 Å². The van der Waals surface area contributed by atoms with Gasteiger partial charge in [0.15, 0.2) is 11.5 Å². The summed E-state index contributed by atoms with van der Waals surface area (Å²) in [5.74, 6) is 2.69. The summed E-state index contributed by atoms with van der Waals surface area (Å²) in [7, 11) is 6.52. The number of methoxy groups -OCH3 is 4. The molecule has 0 aliphatic heterocycles. The largest absolute Gasteiger partial charge is 0.496 e. The molecular weight excluding hydrogens is 368 g/mol. The average molecular weight is 398 g/mol. The van der Waals surface area contributed by atoms with Gasteiger partial charge in [-0.15, -0.1) is 6.58 Å². The molecule has 1 N–H and O–H groups in total. The van der Waals surface area contributed by atoms with E-state index >= 15 is 0 Å². The van der Waals surface area contributed by atoms with Crippen molar-refractivity contribution in [1.82, 2.24) is 0 Å². The molecule has 1 aliphatic rings. The Hall–Kier alpha value is -2.66. The minimum Gasteiger partial charge on any atom is -0.496 e. The lowest BCUT2D eigenvalue weighted by Crippen LogP contribution is -2.30. The fraction of sp³-hybridized carbons (Fsp3) is 0.417. The average Bonchev–Trinajstić information content (AvgIpc) is 2.81. The number of fused-ring (bicyclic) bond motifs is 2. The van der Waals surface area contributed by atoms with Crippen molar-refractivity contribution in [2.24, 2.45) is 0 Å². The Bertz CT molecular complexity index is 947. The second kappa shape index (κ2) is 7.99.